The molecule has 17 heavy (non-hydrogen) atoms. The molecule has 0 aliphatic carbocycles. The fourth-order valence-corrected chi connectivity index (χ4v) is 3.24. The van der Waals surface area contributed by atoms with Gasteiger partial charge in [0.2, 0.25) is 0 Å². The minimum Gasteiger partial charge on any atom is -0.381 e. The van der Waals surface area contributed by atoms with Crippen LogP contribution in [0.2, 0.25) is 0 Å². The summed E-state index contributed by atoms with van der Waals surface area (Å²) in [4.78, 5) is 1.16. The molecule has 2 heterocycles. The summed E-state index contributed by atoms with van der Waals surface area (Å²) in [6, 6.07) is 0.118. The topological polar surface area (TPSA) is 73.1 Å². The Morgan fingerprint density at radius 2 is 2.35 bits per heavy atom. The van der Waals surface area contributed by atoms with Gasteiger partial charge in [-0.15, -0.1) is 5.10 Å². The number of ether oxygens (including phenoxy) is 1. The van der Waals surface area contributed by atoms with Crippen molar-refractivity contribution in [2.24, 2.45) is 11.8 Å². The van der Waals surface area contributed by atoms with Crippen LogP contribution in [0.15, 0.2) is 0 Å². The quantitative estimate of drug-likeness (QED) is 0.632. The van der Waals surface area contributed by atoms with Crippen LogP contribution >= 0.6 is 11.5 Å². The smallest absolute Gasteiger partial charge is 0.0829 e. The summed E-state index contributed by atoms with van der Waals surface area (Å²) in [5, 5.41) is 4.21. The molecule has 96 valence electrons. The summed E-state index contributed by atoms with van der Waals surface area (Å²) in [5.74, 6) is 6.51. The van der Waals surface area contributed by atoms with Crippen LogP contribution in [0.25, 0.3) is 0 Å². The Hall–Kier alpha value is -0.560. The average Bonchev–Trinajstić information content (AvgIpc) is 2.81. The van der Waals surface area contributed by atoms with Gasteiger partial charge in [0.1, 0.15) is 0 Å². The van der Waals surface area contributed by atoms with Gasteiger partial charge in [0.05, 0.1) is 23.2 Å². The van der Waals surface area contributed by atoms with E-state index in [-0.39, 0.29) is 6.04 Å². The highest BCUT2D eigenvalue weighted by Crippen LogP contribution is 2.33. The van der Waals surface area contributed by atoms with Crippen LogP contribution in [-0.4, -0.2) is 22.8 Å². The highest BCUT2D eigenvalue weighted by Gasteiger charge is 2.29. The molecule has 0 aromatic carbocycles. The van der Waals surface area contributed by atoms with E-state index in [1.807, 2.05) is 0 Å². The van der Waals surface area contributed by atoms with Gasteiger partial charge in [0.15, 0.2) is 0 Å². The Bertz CT molecular complexity index is 349. The van der Waals surface area contributed by atoms with Crippen molar-refractivity contribution < 1.29 is 4.74 Å². The Morgan fingerprint density at radius 1 is 1.53 bits per heavy atom. The maximum atomic E-state index is 5.71. The molecular weight excluding hydrogens is 236 g/mol. The largest absolute Gasteiger partial charge is 0.381 e. The van der Waals surface area contributed by atoms with E-state index in [9.17, 15) is 0 Å². The van der Waals surface area contributed by atoms with Crippen LogP contribution in [0, 0.1) is 5.92 Å². The zero-order valence-electron chi connectivity index (χ0n) is 10.3. The zero-order valence-corrected chi connectivity index (χ0v) is 11.2. The molecule has 0 bridgehead atoms. The van der Waals surface area contributed by atoms with E-state index >= 15 is 0 Å². The summed E-state index contributed by atoms with van der Waals surface area (Å²) in [7, 11) is 0. The third-order valence-corrected chi connectivity index (χ3v) is 4.04. The van der Waals surface area contributed by atoms with Crippen LogP contribution in [0.1, 0.15) is 49.2 Å². The SMILES string of the molecule is CC(C)c1nnsc1C(NN)C1CCCOC1. The van der Waals surface area contributed by atoms with Gasteiger partial charge in [-0.1, -0.05) is 18.3 Å². The molecule has 3 N–H and O–H groups in total. The molecule has 0 amide bonds. The van der Waals surface area contributed by atoms with E-state index in [1.165, 1.54) is 11.5 Å². The monoisotopic (exact) mass is 256 g/mol. The van der Waals surface area contributed by atoms with Crippen LogP contribution in [0.5, 0.6) is 0 Å². The van der Waals surface area contributed by atoms with Gasteiger partial charge in [0.25, 0.3) is 0 Å². The first kappa shape index (κ1) is 12.9. The Labute approximate surface area is 106 Å². The second-order valence-corrected chi connectivity index (χ2v) is 5.58. The van der Waals surface area contributed by atoms with Crippen molar-refractivity contribution in [3.8, 4) is 0 Å². The average molecular weight is 256 g/mol. The predicted octanol–water partition coefficient (Wildman–Crippen LogP) is 1.59. The summed E-state index contributed by atoms with van der Waals surface area (Å²) in [5.41, 5.74) is 3.98. The number of rotatable bonds is 4. The summed E-state index contributed by atoms with van der Waals surface area (Å²) < 4.78 is 9.59. The molecule has 2 rings (SSSR count). The Kier molecular flexibility index (Phi) is 4.44. The second kappa shape index (κ2) is 5.86. The maximum Gasteiger partial charge on any atom is 0.0829 e. The van der Waals surface area contributed by atoms with Crippen molar-refractivity contribution in [1.29, 1.82) is 0 Å². The molecule has 1 aromatic heterocycles. The lowest BCUT2D eigenvalue weighted by molar-refractivity contribution is 0.0393. The van der Waals surface area contributed by atoms with E-state index in [2.05, 4.69) is 28.9 Å². The number of hydrazine groups is 1. The summed E-state index contributed by atoms with van der Waals surface area (Å²) in [6.07, 6.45) is 2.25. The van der Waals surface area contributed by atoms with Crippen LogP contribution in [-0.2, 0) is 4.74 Å². The minimum atomic E-state index is 0.118. The summed E-state index contributed by atoms with van der Waals surface area (Å²) in [6.45, 7) is 5.90. The molecular formula is C11H20N4OS. The lowest BCUT2D eigenvalue weighted by Crippen LogP contribution is -2.37. The van der Waals surface area contributed by atoms with Crippen molar-refractivity contribution >= 4 is 11.5 Å². The summed E-state index contributed by atoms with van der Waals surface area (Å²) >= 11 is 1.45. The fraction of sp³-hybridized carbons (Fsp3) is 0.818. The fourth-order valence-electron chi connectivity index (χ4n) is 2.27. The highest BCUT2D eigenvalue weighted by atomic mass is 32.1. The van der Waals surface area contributed by atoms with E-state index in [4.69, 9.17) is 10.6 Å². The first-order chi connectivity index (χ1) is 8.24. The van der Waals surface area contributed by atoms with Gasteiger partial charge >= 0.3 is 0 Å². The Balaban J connectivity index is 2.18. The molecule has 1 fully saturated rings. The number of nitrogens with one attached hydrogen (secondary N) is 1. The van der Waals surface area contributed by atoms with E-state index in [0.29, 0.717) is 11.8 Å². The molecule has 1 saturated heterocycles. The normalized spacial score (nSPS) is 22.9. The zero-order chi connectivity index (χ0) is 12.3. The van der Waals surface area contributed by atoms with E-state index in [1.54, 1.807) is 0 Å². The van der Waals surface area contributed by atoms with Crippen molar-refractivity contribution in [2.45, 2.75) is 38.6 Å². The standard InChI is InChI=1S/C11H20N4OS/c1-7(2)9-11(17-15-14-9)10(13-12)8-4-3-5-16-6-8/h7-8,10,13H,3-6,12H2,1-2H3. The first-order valence-electron chi connectivity index (χ1n) is 6.10. The number of hydrogen-bond acceptors (Lipinski definition) is 6. The van der Waals surface area contributed by atoms with E-state index < -0.39 is 0 Å². The van der Waals surface area contributed by atoms with Gasteiger partial charge in [-0.2, -0.15) is 0 Å². The molecule has 0 spiro atoms. The van der Waals surface area contributed by atoms with Gasteiger partial charge in [0, 0.05) is 12.5 Å². The first-order valence-corrected chi connectivity index (χ1v) is 6.87. The molecule has 2 atom stereocenters. The highest BCUT2D eigenvalue weighted by molar-refractivity contribution is 7.05. The van der Waals surface area contributed by atoms with Crippen molar-refractivity contribution in [3.63, 3.8) is 0 Å². The van der Waals surface area contributed by atoms with Crippen LogP contribution in [0.4, 0.5) is 0 Å². The van der Waals surface area contributed by atoms with Gasteiger partial charge in [-0.05, 0) is 30.3 Å². The van der Waals surface area contributed by atoms with Gasteiger partial charge in [-0.3, -0.25) is 11.3 Å². The minimum absolute atomic E-state index is 0.118. The molecule has 6 heteroatoms. The molecule has 0 saturated carbocycles. The van der Waals surface area contributed by atoms with Crippen LogP contribution < -0.4 is 11.3 Å². The number of nitrogens with zero attached hydrogens (tertiary/aromatic N) is 2. The number of hydrogen-bond donors (Lipinski definition) is 2. The third-order valence-electron chi connectivity index (χ3n) is 3.22. The van der Waals surface area contributed by atoms with Crippen molar-refractivity contribution in [1.82, 2.24) is 15.0 Å². The third kappa shape index (κ3) is 2.82. The number of aromatic nitrogens is 2. The van der Waals surface area contributed by atoms with Gasteiger partial charge in [-0.25, -0.2) is 0 Å². The predicted molar refractivity (Wildman–Crippen MR) is 67.6 cm³/mol. The molecule has 2 unspecified atom stereocenters. The number of nitrogens with two attached hydrogens (primary N) is 1. The van der Waals surface area contributed by atoms with Crippen LogP contribution in [0.3, 0.4) is 0 Å². The van der Waals surface area contributed by atoms with Gasteiger partial charge < -0.3 is 4.74 Å². The maximum absolute atomic E-state index is 5.71. The molecule has 0 radical (unpaired) electrons. The molecule has 1 aromatic rings. The second-order valence-electron chi connectivity index (χ2n) is 4.80. The lowest BCUT2D eigenvalue weighted by atomic mass is 9.91. The van der Waals surface area contributed by atoms with E-state index in [0.717, 1.165) is 36.6 Å². The molecule has 1 aliphatic rings. The van der Waals surface area contributed by atoms with Crippen molar-refractivity contribution in [2.75, 3.05) is 13.2 Å². The Morgan fingerprint density at radius 3 is 2.94 bits per heavy atom. The molecule has 1 aliphatic heterocycles. The lowest BCUT2D eigenvalue weighted by Gasteiger charge is -2.29. The molecule has 5 nitrogen and oxygen atoms in total. The van der Waals surface area contributed by atoms with Crippen molar-refractivity contribution in [3.05, 3.63) is 10.6 Å².